The minimum Gasteiger partial charge on any atom is -0.265 e. The Labute approximate surface area is 157 Å². The van der Waals surface area contributed by atoms with Gasteiger partial charge in [0.05, 0.1) is 17.5 Å². The zero-order chi connectivity index (χ0) is 17.7. The van der Waals surface area contributed by atoms with Crippen LogP contribution >= 0.6 is 23.5 Å². The fourth-order valence-electron chi connectivity index (χ4n) is 2.22. The second-order valence-corrected chi connectivity index (χ2v) is 9.53. The van der Waals surface area contributed by atoms with E-state index in [0.717, 1.165) is 21.4 Å². The Hall–Kier alpha value is -1.28. The van der Waals surface area contributed by atoms with Gasteiger partial charge >= 0.3 is 0 Å². The average Bonchev–Trinajstić information content (AvgIpc) is 3.08. The summed E-state index contributed by atoms with van der Waals surface area (Å²) in [4.78, 5) is 4.75. The number of hydrogen-bond donors (Lipinski definition) is 0. The molecule has 1 aliphatic heterocycles. The standard InChI is InChI=1S/C18H19NO3S3/c1-14-7-9-17(10-8-14)25(20,21)22-11-16-13-24-18(19-16)23-12-15-5-3-2-4-6-15/h2-10,16H,11-13H2,1H3/t16-/m1/s1. The predicted octanol–water partition coefficient (Wildman–Crippen LogP) is 4.11. The van der Waals surface area contributed by atoms with Gasteiger partial charge in [0.15, 0.2) is 0 Å². The molecule has 132 valence electrons. The summed E-state index contributed by atoms with van der Waals surface area (Å²) in [5, 5.41) is 0. The first kappa shape index (κ1) is 18.5. The van der Waals surface area contributed by atoms with Crippen molar-refractivity contribution in [3.8, 4) is 0 Å². The fourth-order valence-corrected chi connectivity index (χ4v) is 5.31. The van der Waals surface area contributed by atoms with Crippen molar-refractivity contribution >= 4 is 38.0 Å². The third kappa shape index (κ3) is 5.34. The highest BCUT2D eigenvalue weighted by Gasteiger charge is 2.23. The molecule has 0 aromatic heterocycles. The highest BCUT2D eigenvalue weighted by Crippen LogP contribution is 2.29. The minimum absolute atomic E-state index is 0.0820. The van der Waals surface area contributed by atoms with Crippen molar-refractivity contribution in [2.75, 3.05) is 12.4 Å². The van der Waals surface area contributed by atoms with Crippen LogP contribution in [-0.2, 0) is 20.1 Å². The summed E-state index contributed by atoms with van der Waals surface area (Å²) in [5.41, 5.74) is 2.26. The van der Waals surface area contributed by atoms with E-state index < -0.39 is 10.1 Å². The number of thioether (sulfide) groups is 2. The van der Waals surface area contributed by atoms with Gasteiger partial charge in [-0.05, 0) is 24.6 Å². The summed E-state index contributed by atoms with van der Waals surface area (Å²) in [5.74, 6) is 1.61. The lowest BCUT2D eigenvalue weighted by atomic mass is 10.2. The van der Waals surface area contributed by atoms with Gasteiger partial charge in [-0.3, -0.25) is 9.18 Å². The van der Waals surface area contributed by atoms with Crippen molar-refractivity contribution in [1.29, 1.82) is 0 Å². The first-order valence-electron chi connectivity index (χ1n) is 7.86. The van der Waals surface area contributed by atoms with Crippen LogP contribution in [0, 0.1) is 6.92 Å². The molecule has 3 rings (SSSR count). The molecule has 0 fully saturated rings. The predicted molar refractivity (Wildman–Crippen MR) is 106 cm³/mol. The summed E-state index contributed by atoms with van der Waals surface area (Å²) in [6.07, 6.45) is 0. The van der Waals surface area contributed by atoms with Gasteiger partial charge in [0, 0.05) is 11.5 Å². The van der Waals surface area contributed by atoms with E-state index in [1.165, 1.54) is 5.56 Å². The van der Waals surface area contributed by atoms with Crippen LogP contribution in [0.15, 0.2) is 64.5 Å². The Morgan fingerprint density at radius 1 is 1.16 bits per heavy atom. The molecule has 0 unspecified atom stereocenters. The molecule has 0 bridgehead atoms. The van der Waals surface area contributed by atoms with Gasteiger partial charge in [0.1, 0.15) is 4.38 Å². The molecule has 0 N–H and O–H groups in total. The Morgan fingerprint density at radius 3 is 2.60 bits per heavy atom. The molecule has 0 radical (unpaired) electrons. The largest absolute Gasteiger partial charge is 0.297 e. The first-order valence-corrected chi connectivity index (χ1v) is 11.2. The van der Waals surface area contributed by atoms with Crippen molar-refractivity contribution in [2.24, 2.45) is 4.99 Å². The summed E-state index contributed by atoms with van der Waals surface area (Å²) >= 11 is 3.34. The Morgan fingerprint density at radius 2 is 1.88 bits per heavy atom. The summed E-state index contributed by atoms with van der Waals surface area (Å²) in [6.45, 7) is 2.00. The van der Waals surface area contributed by atoms with Crippen molar-refractivity contribution in [1.82, 2.24) is 0 Å². The van der Waals surface area contributed by atoms with Gasteiger partial charge < -0.3 is 0 Å². The van der Waals surface area contributed by atoms with E-state index in [4.69, 9.17) is 4.18 Å². The van der Waals surface area contributed by atoms with E-state index in [2.05, 4.69) is 17.1 Å². The van der Waals surface area contributed by atoms with Crippen molar-refractivity contribution in [2.45, 2.75) is 23.6 Å². The normalized spacial score (nSPS) is 17.5. The second kappa shape index (κ2) is 8.40. The molecule has 1 heterocycles. The van der Waals surface area contributed by atoms with Gasteiger partial charge in [0.2, 0.25) is 0 Å². The highest BCUT2D eigenvalue weighted by molar-refractivity contribution is 8.38. The number of nitrogens with zero attached hydrogens (tertiary/aromatic N) is 1. The number of benzene rings is 2. The zero-order valence-electron chi connectivity index (χ0n) is 13.8. The van der Waals surface area contributed by atoms with Gasteiger partial charge in [0.25, 0.3) is 10.1 Å². The maximum Gasteiger partial charge on any atom is 0.297 e. The number of aryl methyl sites for hydroxylation is 1. The van der Waals surface area contributed by atoms with Crippen LogP contribution in [0.4, 0.5) is 0 Å². The van der Waals surface area contributed by atoms with Crippen LogP contribution in [-0.4, -0.2) is 31.2 Å². The van der Waals surface area contributed by atoms with Gasteiger partial charge in [-0.15, -0.1) is 0 Å². The molecule has 2 aromatic carbocycles. The Balaban J connectivity index is 1.52. The Kier molecular flexibility index (Phi) is 6.22. The number of hydrogen-bond acceptors (Lipinski definition) is 6. The molecule has 0 saturated heterocycles. The quantitative estimate of drug-likeness (QED) is 0.692. The zero-order valence-corrected chi connectivity index (χ0v) is 16.2. The third-order valence-electron chi connectivity index (χ3n) is 3.62. The molecule has 1 aliphatic rings. The number of aliphatic imine (C=N–C) groups is 1. The second-order valence-electron chi connectivity index (χ2n) is 5.69. The van der Waals surface area contributed by atoms with Crippen molar-refractivity contribution in [3.63, 3.8) is 0 Å². The molecule has 25 heavy (non-hydrogen) atoms. The van der Waals surface area contributed by atoms with E-state index in [1.54, 1.807) is 47.8 Å². The molecule has 0 aliphatic carbocycles. The monoisotopic (exact) mass is 393 g/mol. The first-order chi connectivity index (χ1) is 12.0. The van der Waals surface area contributed by atoms with Crippen LogP contribution in [0.1, 0.15) is 11.1 Å². The lowest BCUT2D eigenvalue weighted by molar-refractivity contribution is 0.302. The van der Waals surface area contributed by atoms with E-state index in [9.17, 15) is 8.42 Å². The molecule has 2 aromatic rings. The lowest BCUT2D eigenvalue weighted by Crippen LogP contribution is -2.17. The van der Waals surface area contributed by atoms with Crippen LogP contribution in [0.5, 0.6) is 0 Å². The topological polar surface area (TPSA) is 55.7 Å². The molecule has 0 amide bonds. The maximum absolute atomic E-state index is 12.2. The van der Waals surface area contributed by atoms with Crippen molar-refractivity contribution < 1.29 is 12.6 Å². The average molecular weight is 394 g/mol. The summed E-state index contributed by atoms with van der Waals surface area (Å²) in [6, 6.07) is 16.7. The van der Waals surface area contributed by atoms with Gasteiger partial charge in [-0.25, -0.2) is 0 Å². The molecular weight excluding hydrogens is 374 g/mol. The van der Waals surface area contributed by atoms with Crippen LogP contribution in [0.2, 0.25) is 0 Å². The van der Waals surface area contributed by atoms with E-state index >= 15 is 0 Å². The molecule has 0 spiro atoms. The van der Waals surface area contributed by atoms with Crippen LogP contribution in [0.25, 0.3) is 0 Å². The smallest absolute Gasteiger partial charge is 0.265 e. The van der Waals surface area contributed by atoms with Crippen LogP contribution in [0.3, 0.4) is 0 Å². The molecule has 7 heteroatoms. The van der Waals surface area contributed by atoms with Crippen molar-refractivity contribution in [3.05, 3.63) is 65.7 Å². The number of rotatable bonds is 6. The molecule has 4 nitrogen and oxygen atoms in total. The van der Waals surface area contributed by atoms with E-state index in [-0.39, 0.29) is 17.5 Å². The Bertz CT molecular complexity index is 834. The van der Waals surface area contributed by atoms with Crippen LogP contribution < -0.4 is 0 Å². The third-order valence-corrected chi connectivity index (χ3v) is 7.35. The summed E-state index contributed by atoms with van der Waals surface area (Å²) in [7, 11) is -3.72. The summed E-state index contributed by atoms with van der Waals surface area (Å²) < 4.78 is 30.6. The van der Waals surface area contributed by atoms with Gasteiger partial charge in [-0.2, -0.15) is 8.42 Å². The molecular formula is C18H19NO3S3. The van der Waals surface area contributed by atoms with Gasteiger partial charge in [-0.1, -0.05) is 71.6 Å². The SMILES string of the molecule is Cc1ccc(S(=O)(=O)OC[C@@H]2CSC(SCc3ccccc3)=N2)cc1. The fraction of sp³-hybridized carbons (Fsp3) is 0.278. The van der Waals surface area contributed by atoms with E-state index in [0.29, 0.717) is 0 Å². The molecule has 0 saturated carbocycles. The van der Waals surface area contributed by atoms with E-state index in [1.807, 2.05) is 25.1 Å². The lowest BCUT2D eigenvalue weighted by Gasteiger charge is -2.08. The minimum atomic E-state index is -3.72. The molecule has 1 atom stereocenters. The highest BCUT2D eigenvalue weighted by atomic mass is 32.2. The maximum atomic E-state index is 12.2.